The second kappa shape index (κ2) is 9.17. The molecule has 0 fully saturated rings. The zero-order valence-corrected chi connectivity index (χ0v) is 18.3. The molecule has 32 heavy (non-hydrogen) atoms. The summed E-state index contributed by atoms with van der Waals surface area (Å²) in [5.74, 6) is 3.24. The van der Waals surface area contributed by atoms with Crippen molar-refractivity contribution in [2.45, 2.75) is 25.9 Å². The number of amides is 1. The van der Waals surface area contributed by atoms with Crippen molar-refractivity contribution in [1.29, 1.82) is 0 Å². The van der Waals surface area contributed by atoms with Crippen LogP contribution in [0.5, 0.6) is 23.0 Å². The lowest BCUT2D eigenvalue weighted by atomic mass is 9.98. The Labute approximate surface area is 185 Å². The van der Waals surface area contributed by atoms with E-state index in [1.807, 2.05) is 4.57 Å². The summed E-state index contributed by atoms with van der Waals surface area (Å²) in [6.07, 6.45) is 1.37. The van der Waals surface area contributed by atoms with Crippen LogP contribution in [-0.2, 0) is 24.3 Å². The Morgan fingerprint density at radius 1 is 1.06 bits per heavy atom. The summed E-state index contributed by atoms with van der Waals surface area (Å²) >= 11 is 0. The van der Waals surface area contributed by atoms with Gasteiger partial charge in [0.05, 0.1) is 27.2 Å². The fourth-order valence-electron chi connectivity index (χ4n) is 3.92. The van der Waals surface area contributed by atoms with Gasteiger partial charge in [-0.05, 0) is 36.8 Å². The first-order chi connectivity index (χ1) is 15.5. The minimum atomic E-state index is -0.208. The lowest BCUT2D eigenvalue weighted by molar-refractivity contribution is -0.126. The van der Waals surface area contributed by atoms with Crippen molar-refractivity contribution < 1.29 is 24.1 Å². The van der Waals surface area contributed by atoms with Gasteiger partial charge < -0.3 is 29.2 Å². The summed E-state index contributed by atoms with van der Waals surface area (Å²) in [5, 5.41) is 21.1. The average Bonchev–Trinajstić information content (AvgIpc) is 3.25. The predicted molar refractivity (Wildman–Crippen MR) is 117 cm³/mol. The van der Waals surface area contributed by atoms with Crippen molar-refractivity contribution in [2.75, 3.05) is 21.3 Å². The molecule has 0 radical (unpaired) electrons. The van der Waals surface area contributed by atoms with Crippen molar-refractivity contribution in [3.8, 4) is 34.4 Å². The molecule has 1 aliphatic heterocycles. The highest BCUT2D eigenvalue weighted by Crippen LogP contribution is 2.34. The molecule has 4 rings (SSSR count). The molecule has 2 heterocycles. The van der Waals surface area contributed by atoms with Crippen LogP contribution in [0.25, 0.3) is 11.4 Å². The number of nitrogens with one attached hydrogen (secondary N) is 1. The highest BCUT2D eigenvalue weighted by molar-refractivity contribution is 5.79. The van der Waals surface area contributed by atoms with E-state index in [0.29, 0.717) is 49.0 Å². The van der Waals surface area contributed by atoms with Crippen LogP contribution in [0.15, 0.2) is 36.4 Å². The number of methoxy groups -OCH3 is 3. The number of phenolic OH excluding ortho intramolecular Hbond substituents is 1. The predicted octanol–water partition coefficient (Wildman–Crippen LogP) is 2.56. The molecule has 0 aliphatic carbocycles. The zero-order valence-electron chi connectivity index (χ0n) is 18.3. The van der Waals surface area contributed by atoms with E-state index >= 15 is 0 Å². The minimum Gasteiger partial charge on any atom is -0.508 e. The second-order valence-electron chi connectivity index (χ2n) is 7.57. The van der Waals surface area contributed by atoms with Crippen molar-refractivity contribution >= 4 is 5.91 Å². The molecule has 9 nitrogen and oxygen atoms in total. The molecule has 9 heteroatoms. The Hall–Kier alpha value is -3.75. The fourth-order valence-corrected chi connectivity index (χ4v) is 3.92. The summed E-state index contributed by atoms with van der Waals surface area (Å²) in [6, 6.07) is 10.4. The first-order valence-electron chi connectivity index (χ1n) is 10.3. The molecule has 2 N–H and O–H groups in total. The number of carbonyl (C=O) groups excluding carboxylic acids is 1. The number of benzene rings is 2. The first kappa shape index (κ1) is 21.5. The maximum absolute atomic E-state index is 13.0. The molecule has 0 bridgehead atoms. The number of hydrogen-bond acceptors (Lipinski definition) is 7. The number of carbonyl (C=O) groups is 1. The molecule has 1 aromatic heterocycles. The molecule has 0 saturated carbocycles. The molecule has 1 atom stereocenters. The van der Waals surface area contributed by atoms with E-state index in [9.17, 15) is 9.90 Å². The van der Waals surface area contributed by atoms with Gasteiger partial charge in [0, 0.05) is 36.7 Å². The van der Waals surface area contributed by atoms with Crippen LogP contribution in [-0.4, -0.2) is 47.1 Å². The topological polar surface area (TPSA) is 108 Å². The Kier molecular flexibility index (Phi) is 6.16. The third-order valence-corrected chi connectivity index (χ3v) is 5.68. The molecule has 2 aromatic carbocycles. The SMILES string of the molecule is COc1cc(OC)c(OC)cc1CNC(=O)[C@H]1CCc2nnc(-c3ccc(O)cc3)n2C1. The third-order valence-electron chi connectivity index (χ3n) is 5.68. The molecule has 3 aromatic rings. The van der Waals surface area contributed by atoms with Gasteiger partial charge in [-0.1, -0.05) is 0 Å². The Bertz CT molecular complexity index is 1110. The number of aromatic hydroxyl groups is 1. The molecule has 168 valence electrons. The Morgan fingerprint density at radius 3 is 2.44 bits per heavy atom. The molecule has 1 amide bonds. The number of hydrogen-bond donors (Lipinski definition) is 2. The van der Waals surface area contributed by atoms with Gasteiger partial charge in [0.2, 0.25) is 5.91 Å². The molecular formula is C23H26N4O5. The normalized spacial score (nSPS) is 15.0. The largest absolute Gasteiger partial charge is 0.508 e. The van der Waals surface area contributed by atoms with Crippen LogP contribution in [0.3, 0.4) is 0 Å². The molecule has 1 aliphatic rings. The van der Waals surface area contributed by atoms with Gasteiger partial charge in [0.25, 0.3) is 0 Å². The van der Waals surface area contributed by atoms with Crippen molar-refractivity contribution in [1.82, 2.24) is 20.1 Å². The first-order valence-corrected chi connectivity index (χ1v) is 10.3. The summed E-state index contributed by atoms with van der Waals surface area (Å²) in [6.45, 7) is 0.798. The van der Waals surface area contributed by atoms with Gasteiger partial charge in [-0.15, -0.1) is 10.2 Å². The quantitative estimate of drug-likeness (QED) is 0.584. The Balaban J connectivity index is 1.47. The summed E-state index contributed by atoms with van der Waals surface area (Å²) < 4.78 is 18.1. The van der Waals surface area contributed by atoms with Gasteiger partial charge in [-0.3, -0.25) is 4.79 Å². The van der Waals surface area contributed by atoms with Gasteiger partial charge in [-0.25, -0.2) is 0 Å². The van der Waals surface area contributed by atoms with Crippen LogP contribution >= 0.6 is 0 Å². The van der Waals surface area contributed by atoms with Crippen molar-refractivity contribution in [3.05, 3.63) is 47.8 Å². The summed E-state index contributed by atoms with van der Waals surface area (Å²) in [5.41, 5.74) is 1.64. The standard InChI is InChI=1S/C23H26N4O5/c1-30-18-11-20(32-3)19(31-2)10-16(18)12-24-23(29)15-6-9-21-25-26-22(27(21)13-15)14-4-7-17(28)8-5-14/h4-5,7-8,10-11,15,28H,6,9,12-13H2,1-3H3,(H,24,29)/t15-/m0/s1. The lowest BCUT2D eigenvalue weighted by Crippen LogP contribution is -2.36. The highest BCUT2D eigenvalue weighted by atomic mass is 16.5. The average molecular weight is 438 g/mol. The van der Waals surface area contributed by atoms with Crippen LogP contribution in [0.4, 0.5) is 0 Å². The number of rotatable bonds is 7. The number of aryl methyl sites for hydroxylation is 1. The smallest absolute Gasteiger partial charge is 0.225 e. The van der Waals surface area contributed by atoms with E-state index in [4.69, 9.17) is 14.2 Å². The molecule has 0 spiro atoms. The van der Waals surface area contributed by atoms with E-state index in [2.05, 4.69) is 15.5 Å². The van der Waals surface area contributed by atoms with Crippen LogP contribution < -0.4 is 19.5 Å². The van der Waals surface area contributed by atoms with Gasteiger partial charge in [-0.2, -0.15) is 0 Å². The number of phenols is 1. The number of nitrogens with zero attached hydrogens (tertiary/aromatic N) is 3. The van der Waals surface area contributed by atoms with Gasteiger partial charge in [0.15, 0.2) is 17.3 Å². The van der Waals surface area contributed by atoms with E-state index in [0.717, 1.165) is 17.0 Å². The maximum Gasteiger partial charge on any atom is 0.225 e. The summed E-state index contributed by atoms with van der Waals surface area (Å²) in [4.78, 5) is 13.0. The van der Waals surface area contributed by atoms with Gasteiger partial charge in [0.1, 0.15) is 17.3 Å². The monoisotopic (exact) mass is 438 g/mol. The molecular weight excluding hydrogens is 412 g/mol. The van der Waals surface area contributed by atoms with E-state index < -0.39 is 0 Å². The Morgan fingerprint density at radius 2 is 1.75 bits per heavy atom. The fraction of sp³-hybridized carbons (Fsp3) is 0.348. The maximum atomic E-state index is 13.0. The molecule has 0 unspecified atom stereocenters. The minimum absolute atomic E-state index is 0.0437. The van der Waals surface area contributed by atoms with Crippen molar-refractivity contribution in [3.63, 3.8) is 0 Å². The third kappa shape index (κ3) is 4.18. The van der Waals surface area contributed by atoms with E-state index in [1.54, 1.807) is 57.7 Å². The van der Waals surface area contributed by atoms with Crippen LogP contribution in [0.1, 0.15) is 17.8 Å². The number of ether oxygens (including phenoxy) is 3. The van der Waals surface area contributed by atoms with E-state index in [1.165, 1.54) is 0 Å². The highest BCUT2D eigenvalue weighted by Gasteiger charge is 2.28. The zero-order chi connectivity index (χ0) is 22.7. The van der Waals surface area contributed by atoms with Crippen LogP contribution in [0, 0.1) is 5.92 Å². The number of fused-ring (bicyclic) bond motifs is 1. The summed E-state index contributed by atoms with van der Waals surface area (Å²) in [7, 11) is 4.71. The van der Waals surface area contributed by atoms with Gasteiger partial charge >= 0.3 is 0 Å². The lowest BCUT2D eigenvalue weighted by Gasteiger charge is -2.24. The van der Waals surface area contributed by atoms with Crippen molar-refractivity contribution in [2.24, 2.45) is 5.92 Å². The molecule has 0 saturated heterocycles. The number of aromatic nitrogens is 3. The second-order valence-corrected chi connectivity index (χ2v) is 7.57. The van der Waals surface area contributed by atoms with Crippen LogP contribution in [0.2, 0.25) is 0 Å². The van der Waals surface area contributed by atoms with E-state index in [-0.39, 0.29) is 17.6 Å².